The smallest absolute Gasteiger partial charge is 0.239 e. The highest BCUT2D eigenvalue weighted by atomic mass is 16.3. The molecule has 1 aliphatic heterocycles. The van der Waals surface area contributed by atoms with Crippen LogP contribution in [0.5, 0.6) is 5.75 Å². The minimum absolute atomic E-state index is 0.0984. The first-order valence-electron chi connectivity index (χ1n) is 18.0. The molecule has 5 heteroatoms. The van der Waals surface area contributed by atoms with E-state index in [2.05, 4.69) is 48.5 Å². The quantitative estimate of drug-likeness (QED) is 0.118. The first-order valence-corrected chi connectivity index (χ1v) is 18.0. The van der Waals surface area contributed by atoms with Gasteiger partial charge >= 0.3 is 0 Å². The van der Waals surface area contributed by atoms with Gasteiger partial charge in [-0.2, -0.15) is 0 Å². The molecule has 1 N–H and O–H groups in total. The lowest BCUT2D eigenvalue weighted by Gasteiger charge is -2.28. The summed E-state index contributed by atoms with van der Waals surface area (Å²) in [6, 6.07) is 3.93. The number of benzene rings is 1. The van der Waals surface area contributed by atoms with Gasteiger partial charge in [0.2, 0.25) is 17.7 Å². The van der Waals surface area contributed by atoms with Gasteiger partial charge in [-0.3, -0.25) is 14.4 Å². The largest absolute Gasteiger partial charge is 0.507 e. The van der Waals surface area contributed by atoms with E-state index >= 15 is 0 Å². The molecule has 1 aromatic rings. The van der Waals surface area contributed by atoms with Crippen molar-refractivity contribution in [3.8, 4) is 5.75 Å². The molecule has 1 fully saturated rings. The van der Waals surface area contributed by atoms with Crippen LogP contribution in [0.3, 0.4) is 0 Å². The van der Waals surface area contributed by atoms with Crippen LogP contribution < -0.4 is 0 Å². The van der Waals surface area contributed by atoms with E-state index in [4.69, 9.17) is 0 Å². The number of phenolic OH excluding ortho intramolecular Hbond substituents is 1. The Morgan fingerprint density at radius 2 is 1.14 bits per heavy atom. The lowest BCUT2D eigenvalue weighted by Crippen LogP contribution is -2.37. The van der Waals surface area contributed by atoms with Crippen molar-refractivity contribution in [2.45, 2.75) is 188 Å². The van der Waals surface area contributed by atoms with Crippen molar-refractivity contribution < 1.29 is 19.5 Å². The highest BCUT2D eigenvalue weighted by Gasteiger charge is 2.41. The lowest BCUT2D eigenvalue weighted by molar-refractivity contribution is -0.150. The molecule has 0 aliphatic carbocycles. The molecular formula is C39H65NO4. The third-order valence-electron chi connectivity index (χ3n) is 9.31. The zero-order chi connectivity index (χ0) is 32.8. The first-order chi connectivity index (χ1) is 20.8. The number of hydrogen-bond acceptors (Lipinski definition) is 4. The molecule has 250 valence electrons. The van der Waals surface area contributed by atoms with Crippen LogP contribution in [-0.4, -0.2) is 27.7 Å². The maximum Gasteiger partial charge on any atom is 0.239 e. The molecule has 1 aliphatic rings. The second-order valence-electron chi connectivity index (χ2n) is 15.5. The molecule has 5 nitrogen and oxygen atoms in total. The standard InChI is InChI=1S/C39H65NO4/c1-8-9-10-11-12-13-14-15-16-17-18-19-20-21-22-23-24-31-29-35(42)40(37(31)44)34(41)26-25-30-27-32(38(2,3)4)36(43)33(28-30)39(5,6)7/h27-28,31,43H,8-26,29H2,1-7H3. The Bertz CT molecular complexity index is 1010. The maximum absolute atomic E-state index is 13.1. The molecule has 0 bridgehead atoms. The third kappa shape index (κ3) is 12.7. The van der Waals surface area contributed by atoms with Crippen molar-refractivity contribution in [1.29, 1.82) is 0 Å². The van der Waals surface area contributed by atoms with E-state index in [1.807, 2.05) is 12.1 Å². The predicted molar refractivity (Wildman–Crippen MR) is 183 cm³/mol. The van der Waals surface area contributed by atoms with Crippen molar-refractivity contribution >= 4 is 17.7 Å². The number of carbonyl (C=O) groups excluding carboxylic acids is 3. The van der Waals surface area contributed by atoms with Crippen LogP contribution in [0.4, 0.5) is 0 Å². The van der Waals surface area contributed by atoms with E-state index in [0.717, 1.165) is 34.4 Å². The number of carbonyl (C=O) groups is 3. The van der Waals surface area contributed by atoms with Crippen LogP contribution in [0, 0.1) is 5.92 Å². The molecule has 1 aromatic carbocycles. The average Bonchev–Trinajstić information content (AvgIpc) is 3.23. The van der Waals surface area contributed by atoms with E-state index < -0.39 is 5.91 Å². The SMILES string of the molecule is CCCCCCCCCCCCCCCCCCC1CC(=O)N(C(=O)CCc2cc(C(C)(C)C)c(O)c(C(C)(C)C)c2)C1=O. The first kappa shape index (κ1) is 38.0. The average molecular weight is 612 g/mol. The summed E-state index contributed by atoms with van der Waals surface area (Å²) in [5.41, 5.74) is 2.12. The Balaban J connectivity index is 1.68. The monoisotopic (exact) mass is 611 g/mol. The van der Waals surface area contributed by atoms with Gasteiger partial charge in [-0.25, -0.2) is 4.90 Å². The third-order valence-corrected chi connectivity index (χ3v) is 9.31. The predicted octanol–water partition coefficient (Wildman–Crippen LogP) is 10.5. The van der Waals surface area contributed by atoms with Gasteiger partial charge < -0.3 is 5.11 Å². The molecule has 1 heterocycles. The Kier molecular flexibility index (Phi) is 16.2. The van der Waals surface area contributed by atoms with Crippen molar-refractivity contribution in [3.05, 3.63) is 28.8 Å². The van der Waals surface area contributed by atoms with E-state index in [0.29, 0.717) is 18.6 Å². The highest BCUT2D eigenvalue weighted by molar-refractivity contribution is 6.16. The molecule has 0 spiro atoms. The van der Waals surface area contributed by atoms with Crippen LogP contribution in [0.15, 0.2) is 12.1 Å². The van der Waals surface area contributed by atoms with E-state index in [9.17, 15) is 19.5 Å². The molecule has 0 radical (unpaired) electrons. The number of amides is 3. The van der Waals surface area contributed by atoms with Gasteiger partial charge in [0.25, 0.3) is 0 Å². The summed E-state index contributed by atoms with van der Waals surface area (Å²) in [6.45, 7) is 14.6. The molecule has 1 saturated heterocycles. The fourth-order valence-electron chi connectivity index (χ4n) is 6.47. The van der Waals surface area contributed by atoms with Crippen molar-refractivity contribution in [1.82, 2.24) is 4.90 Å². The zero-order valence-corrected chi connectivity index (χ0v) is 29.5. The normalized spacial score (nSPS) is 15.9. The van der Waals surface area contributed by atoms with Crippen molar-refractivity contribution in [2.24, 2.45) is 5.92 Å². The molecule has 0 aromatic heterocycles. The van der Waals surface area contributed by atoms with E-state index in [-0.39, 0.29) is 41.4 Å². The fraction of sp³-hybridized carbons (Fsp3) is 0.769. The second-order valence-corrected chi connectivity index (χ2v) is 15.5. The Labute approximate surface area is 270 Å². The minimum Gasteiger partial charge on any atom is -0.507 e. The van der Waals surface area contributed by atoms with Gasteiger partial charge in [0, 0.05) is 18.8 Å². The van der Waals surface area contributed by atoms with Crippen LogP contribution in [0.2, 0.25) is 0 Å². The van der Waals surface area contributed by atoms with Crippen molar-refractivity contribution in [2.75, 3.05) is 0 Å². The molecule has 2 rings (SSSR count). The Morgan fingerprint density at radius 3 is 1.55 bits per heavy atom. The van der Waals surface area contributed by atoms with Crippen LogP contribution in [-0.2, 0) is 31.6 Å². The van der Waals surface area contributed by atoms with Crippen molar-refractivity contribution in [3.63, 3.8) is 0 Å². The number of unbranched alkanes of at least 4 members (excludes halogenated alkanes) is 15. The summed E-state index contributed by atoms with van der Waals surface area (Å²) in [6.07, 6.45) is 22.2. The molecule has 0 saturated carbocycles. The van der Waals surface area contributed by atoms with Gasteiger partial charge in [0.1, 0.15) is 5.75 Å². The van der Waals surface area contributed by atoms with Gasteiger partial charge in [-0.05, 0) is 40.4 Å². The Hall–Kier alpha value is -2.17. The summed E-state index contributed by atoms with van der Waals surface area (Å²) < 4.78 is 0. The number of aromatic hydroxyl groups is 1. The number of aryl methyl sites for hydroxylation is 1. The van der Waals surface area contributed by atoms with Crippen LogP contribution >= 0.6 is 0 Å². The Morgan fingerprint density at radius 1 is 0.727 bits per heavy atom. The number of likely N-dealkylation sites (tertiary alicyclic amines) is 1. The summed E-state index contributed by atoms with van der Waals surface area (Å²) in [4.78, 5) is 39.7. The molecule has 1 atom stereocenters. The summed E-state index contributed by atoms with van der Waals surface area (Å²) in [5, 5.41) is 11.0. The minimum atomic E-state index is -0.405. The number of imide groups is 3. The molecule has 1 unspecified atom stereocenters. The van der Waals surface area contributed by atoms with Gasteiger partial charge in [-0.15, -0.1) is 0 Å². The number of nitrogens with zero attached hydrogens (tertiary/aromatic N) is 1. The van der Waals surface area contributed by atoms with Gasteiger partial charge in [-0.1, -0.05) is 163 Å². The summed E-state index contributed by atoms with van der Waals surface area (Å²) >= 11 is 0. The van der Waals surface area contributed by atoms with Gasteiger partial charge in [0.15, 0.2) is 0 Å². The van der Waals surface area contributed by atoms with Crippen LogP contribution in [0.25, 0.3) is 0 Å². The fourth-order valence-corrected chi connectivity index (χ4v) is 6.47. The summed E-state index contributed by atoms with van der Waals surface area (Å²) in [5.74, 6) is -1.11. The second kappa shape index (κ2) is 18.7. The van der Waals surface area contributed by atoms with E-state index in [1.54, 1.807) is 0 Å². The lowest BCUT2D eigenvalue weighted by atomic mass is 9.78. The number of hydrogen-bond donors (Lipinski definition) is 1. The molecular weight excluding hydrogens is 546 g/mol. The van der Waals surface area contributed by atoms with E-state index in [1.165, 1.54) is 89.9 Å². The van der Waals surface area contributed by atoms with Crippen LogP contribution in [0.1, 0.15) is 187 Å². The number of phenols is 1. The zero-order valence-electron chi connectivity index (χ0n) is 29.5. The highest BCUT2D eigenvalue weighted by Crippen LogP contribution is 2.40. The summed E-state index contributed by atoms with van der Waals surface area (Å²) in [7, 11) is 0. The van der Waals surface area contributed by atoms with Gasteiger partial charge in [0.05, 0.1) is 0 Å². The maximum atomic E-state index is 13.1. The number of rotatable bonds is 20. The molecule has 44 heavy (non-hydrogen) atoms. The topological polar surface area (TPSA) is 74.7 Å². The molecule has 3 amide bonds.